The lowest BCUT2D eigenvalue weighted by Gasteiger charge is -2.16. The van der Waals surface area contributed by atoms with Gasteiger partial charge in [-0.3, -0.25) is 4.79 Å². The van der Waals surface area contributed by atoms with Gasteiger partial charge in [0, 0.05) is 20.1 Å². The summed E-state index contributed by atoms with van der Waals surface area (Å²) in [5.41, 5.74) is 1.59. The minimum Gasteiger partial charge on any atom is -0.478 e. The van der Waals surface area contributed by atoms with Crippen molar-refractivity contribution in [3.8, 4) is 0 Å². The van der Waals surface area contributed by atoms with E-state index in [2.05, 4.69) is 5.32 Å². The number of ether oxygens (including phenoxy) is 1. The Labute approximate surface area is 145 Å². The molecule has 0 saturated heterocycles. The highest BCUT2D eigenvalue weighted by molar-refractivity contribution is 5.89. The fraction of sp³-hybridized carbons (Fsp3) is 0.263. The lowest BCUT2D eigenvalue weighted by atomic mass is 10.0. The predicted octanol–water partition coefficient (Wildman–Crippen LogP) is 2.96. The van der Waals surface area contributed by atoms with Crippen LogP contribution in [0.3, 0.4) is 0 Å². The zero-order valence-electron chi connectivity index (χ0n) is 13.9. The number of rotatable bonds is 8. The van der Waals surface area contributed by atoms with Crippen molar-refractivity contribution in [2.24, 2.45) is 0 Å². The van der Waals surface area contributed by atoms with Crippen LogP contribution in [0.15, 0.2) is 48.5 Å². The lowest BCUT2D eigenvalue weighted by molar-refractivity contribution is -0.121. The monoisotopic (exact) mass is 345 g/mol. The van der Waals surface area contributed by atoms with Crippen molar-refractivity contribution < 1.29 is 23.8 Å². The Morgan fingerprint density at radius 3 is 2.48 bits per heavy atom. The van der Waals surface area contributed by atoms with Crippen LogP contribution in [0.5, 0.6) is 0 Å². The van der Waals surface area contributed by atoms with E-state index in [-0.39, 0.29) is 36.4 Å². The van der Waals surface area contributed by atoms with Crippen LogP contribution < -0.4 is 5.32 Å². The molecule has 0 heterocycles. The number of aryl methyl sites for hydroxylation is 1. The van der Waals surface area contributed by atoms with Crippen molar-refractivity contribution in [3.63, 3.8) is 0 Å². The highest BCUT2D eigenvalue weighted by Gasteiger charge is 2.14. The molecular weight excluding hydrogens is 325 g/mol. The van der Waals surface area contributed by atoms with Crippen molar-refractivity contribution in [2.75, 3.05) is 13.7 Å². The Morgan fingerprint density at radius 2 is 1.84 bits per heavy atom. The summed E-state index contributed by atoms with van der Waals surface area (Å²) in [7, 11) is 1.52. The van der Waals surface area contributed by atoms with Gasteiger partial charge in [0.05, 0.1) is 11.7 Å². The van der Waals surface area contributed by atoms with Crippen LogP contribution in [0.2, 0.25) is 0 Å². The van der Waals surface area contributed by atoms with Gasteiger partial charge in [-0.25, -0.2) is 9.18 Å². The molecule has 0 aliphatic rings. The molecule has 1 atom stereocenters. The number of carboxylic acids is 1. The van der Waals surface area contributed by atoms with Crippen LogP contribution in [-0.4, -0.2) is 30.6 Å². The second kappa shape index (κ2) is 8.94. The van der Waals surface area contributed by atoms with Crippen LogP contribution in [0.1, 0.15) is 34.0 Å². The average molecular weight is 345 g/mol. The van der Waals surface area contributed by atoms with Crippen LogP contribution in [0.25, 0.3) is 0 Å². The van der Waals surface area contributed by atoms with Crippen molar-refractivity contribution in [1.82, 2.24) is 5.32 Å². The second-order valence-electron chi connectivity index (χ2n) is 5.54. The molecule has 1 amide bonds. The molecular formula is C19H20FNO4. The molecule has 0 saturated carbocycles. The fourth-order valence-electron chi connectivity index (χ4n) is 2.50. The summed E-state index contributed by atoms with van der Waals surface area (Å²) in [6.45, 7) is 0.252. The summed E-state index contributed by atoms with van der Waals surface area (Å²) in [4.78, 5) is 23.2. The second-order valence-corrected chi connectivity index (χ2v) is 5.54. The largest absolute Gasteiger partial charge is 0.478 e. The third kappa shape index (κ3) is 5.39. The normalized spacial score (nSPS) is 11.8. The number of halogens is 1. The molecule has 0 aliphatic heterocycles. The first kappa shape index (κ1) is 18.6. The van der Waals surface area contributed by atoms with Crippen molar-refractivity contribution in [2.45, 2.75) is 18.9 Å². The molecule has 0 spiro atoms. The summed E-state index contributed by atoms with van der Waals surface area (Å²) >= 11 is 0. The Hall–Kier alpha value is -2.73. The van der Waals surface area contributed by atoms with Gasteiger partial charge >= 0.3 is 5.97 Å². The summed E-state index contributed by atoms with van der Waals surface area (Å²) in [6, 6.07) is 12.5. The van der Waals surface area contributed by atoms with E-state index in [0.717, 1.165) is 5.56 Å². The standard InChI is InChI=1S/C19H20FNO4/c1-25-17(14-6-9-15(20)10-7-14)12-21-18(22)11-8-13-4-2-3-5-16(13)19(23)24/h2-7,9-10,17H,8,11-12H2,1H3,(H,21,22)(H,23,24). The zero-order valence-corrected chi connectivity index (χ0v) is 13.9. The molecule has 2 N–H and O–H groups in total. The minimum atomic E-state index is -1.01. The smallest absolute Gasteiger partial charge is 0.335 e. The van der Waals surface area contributed by atoms with E-state index >= 15 is 0 Å². The van der Waals surface area contributed by atoms with Crippen LogP contribution in [0, 0.1) is 5.82 Å². The zero-order chi connectivity index (χ0) is 18.2. The Bertz CT molecular complexity index is 730. The average Bonchev–Trinajstić information content (AvgIpc) is 2.62. The van der Waals surface area contributed by atoms with Gasteiger partial charge in [0.1, 0.15) is 5.82 Å². The first-order valence-corrected chi connectivity index (χ1v) is 7.87. The maximum atomic E-state index is 13.0. The molecule has 1 unspecified atom stereocenters. The van der Waals surface area contributed by atoms with Crippen LogP contribution in [0.4, 0.5) is 4.39 Å². The van der Waals surface area contributed by atoms with Crippen LogP contribution in [-0.2, 0) is 16.0 Å². The van der Waals surface area contributed by atoms with Gasteiger partial charge in [-0.15, -0.1) is 0 Å². The van der Waals surface area contributed by atoms with Gasteiger partial charge in [-0.05, 0) is 35.7 Å². The van der Waals surface area contributed by atoms with Crippen molar-refractivity contribution in [3.05, 3.63) is 71.0 Å². The molecule has 132 valence electrons. The number of hydrogen-bond donors (Lipinski definition) is 2. The predicted molar refractivity (Wildman–Crippen MR) is 90.9 cm³/mol. The van der Waals surface area contributed by atoms with E-state index in [0.29, 0.717) is 12.0 Å². The number of benzene rings is 2. The fourth-order valence-corrected chi connectivity index (χ4v) is 2.50. The first-order chi connectivity index (χ1) is 12.0. The van der Waals surface area contributed by atoms with Crippen molar-refractivity contribution in [1.29, 1.82) is 0 Å². The number of hydrogen-bond acceptors (Lipinski definition) is 3. The quantitative estimate of drug-likeness (QED) is 0.771. The first-order valence-electron chi connectivity index (χ1n) is 7.87. The third-order valence-electron chi connectivity index (χ3n) is 3.88. The van der Waals surface area contributed by atoms with E-state index in [9.17, 15) is 14.0 Å². The molecule has 0 fully saturated rings. The third-order valence-corrected chi connectivity index (χ3v) is 3.88. The number of carbonyl (C=O) groups is 2. The summed E-state index contributed by atoms with van der Waals surface area (Å²) in [5, 5.41) is 11.9. The maximum absolute atomic E-state index is 13.0. The van der Waals surface area contributed by atoms with Crippen LogP contribution >= 0.6 is 0 Å². The molecule has 5 nitrogen and oxygen atoms in total. The number of methoxy groups -OCH3 is 1. The van der Waals surface area contributed by atoms with E-state index in [4.69, 9.17) is 9.84 Å². The van der Waals surface area contributed by atoms with Gasteiger partial charge in [0.2, 0.25) is 5.91 Å². The number of nitrogens with one attached hydrogen (secondary N) is 1. The molecule has 25 heavy (non-hydrogen) atoms. The topological polar surface area (TPSA) is 75.6 Å². The number of amides is 1. The summed E-state index contributed by atoms with van der Waals surface area (Å²) < 4.78 is 18.3. The van der Waals surface area contributed by atoms with E-state index < -0.39 is 5.97 Å². The van der Waals surface area contributed by atoms with Gasteiger partial charge in [0.25, 0.3) is 0 Å². The van der Waals surface area contributed by atoms with Gasteiger partial charge < -0.3 is 15.2 Å². The molecule has 0 radical (unpaired) electrons. The number of carbonyl (C=O) groups excluding carboxylic acids is 1. The van der Waals surface area contributed by atoms with Gasteiger partial charge in [0.15, 0.2) is 0 Å². The van der Waals surface area contributed by atoms with E-state index in [1.807, 2.05) is 0 Å². The molecule has 6 heteroatoms. The Balaban J connectivity index is 1.88. The lowest BCUT2D eigenvalue weighted by Crippen LogP contribution is -2.29. The van der Waals surface area contributed by atoms with E-state index in [1.54, 1.807) is 30.3 Å². The number of carboxylic acid groups (broad SMARTS) is 1. The summed E-state index contributed by atoms with van der Waals surface area (Å²) in [6.07, 6.45) is 0.128. The summed E-state index contributed by atoms with van der Waals surface area (Å²) in [5.74, 6) is -1.55. The highest BCUT2D eigenvalue weighted by atomic mass is 19.1. The molecule has 0 bridgehead atoms. The molecule has 2 rings (SSSR count). The van der Waals surface area contributed by atoms with E-state index in [1.165, 1.54) is 25.3 Å². The molecule has 0 aliphatic carbocycles. The Kier molecular flexibility index (Phi) is 6.65. The minimum absolute atomic E-state index is 0.171. The number of aromatic carboxylic acids is 1. The molecule has 2 aromatic carbocycles. The molecule has 0 aromatic heterocycles. The van der Waals surface area contributed by atoms with Gasteiger partial charge in [-0.1, -0.05) is 30.3 Å². The highest BCUT2D eigenvalue weighted by Crippen LogP contribution is 2.16. The maximum Gasteiger partial charge on any atom is 0.335 e. The SMILES string of the molecule is COC(CNC(=O)CCc1ccccc1C(=O)O)c1ccc(F)cc1. The van der Waals surface area contributed by atoms with Crippen molar-refractivity contribution >= 4 is 11.9 Å². The van der Waals surface area contributed by atoms with Gasteiger partial charge in [-0.2, -0.15) is 0 Å². The Morgan fingerprint density at radius 1 is 1.16 bits per heavy atom. The molecule has 2 aromatic rings.